The summed E-state index contributed by atoms with van der Waals surface area (Å²) in [7, 11) is 0. The van der Waals surface area contributed by atoms with Crippen molar-refractivity contribution in [2.24, 2.45) is 16.8 Å². The number of aryl methyl sites for hydroxylation is 1. The molecule has 3 heterocycles. The largest absolute Gasteiger partial charge is 0.487 e. The number of tetrazole rings is 1. The van der Waals surface area contributed by atoms with Crippen LogP contribution in [0.5, 0.6) is 5.75 Å². The summed E-state index contributed by atoms with van der Waals surface area (Å²) in [6.07, 6.45) is 11.0. The zero-order chi connectivity index (χ0) is 23.3. The Morgan fingerprint density at radius 3 is 2.38 bits per heavy atom. The van der Waals surface area contributed by atoms with E-state index in [1.165, 1.54) is 24.1 Å². The summed E-state index contributed by atoms with van der Waals surface area (Å²) in [6.45, 7) is 8.58. The fourth-order valence-corrected chi connectivity index (χ4v) is 4.32. The van der Waals surface area contributed by atoms with Crippen molar-refractivity contribution in [2.45, 2.75) is 39.0 Å². The lowest BCUT2D eigenvalue weighted by Crippen LogP contribution is -2.37. The summed E-state index contributed by atoms with van der Waals surface area (Å²) in [4.78, 5) is 16.4. The molecule has 1 aliphatic heterocycles. The van der Waals surface area contributed by atoms with E-state index in [1.807, 2.05) is 36.7 Å². The molecule has 2 aromatic heterocycles. The SMILES string of the molecule is C=C(COc1ccc(-n2cnnn2)cc1)N=C(C1CC1)C1CCN(c2ncc(CC)cn2)CC1. The van der Waals surface area contributed by atoms with Gasteiger partial charge in [0, 0.05) is 37.1 Å². The molecule has 2 fully saturated rings. The van der Waals surface area contributed by atoms with Gasteiger partial charge in [-0.3, -0.25) is 4.99 Å². The first-order valence-electron chi connectivity index (χ1n) is 12.0. The monoisotopic (exact) mass is 458 g/mol. The minimum absolute atomic E-state index is 0.372. The van der Waals surface area contributed by atoms with Gasteiger partial charge in [0.15, 0.2) is 0 Å². The van der Waals surface area contributed by atoms with Crippen LogP contribution in [0.25, 0.3) is 5.69 Å². The molecule has 3 aromatic rings. The number of piperidine rings is 1. The molecule has 0 N–H and O–H groups in total. The van der Waals surface area contributed by atoms with Gasteiger partial charge in [0.05, 0.1) is 11.4 Å². The van der Waals surface area contributed by atoms with Crippen molar-refractivity contribution in [1.29, 1.82) is 0 Å². The van der Waals surface area contributed by atoms with E-state index in [4.69, 9.17) is 9.73 Å². The maximum Gasteiger partial charge on any atom is 0.225 e. The van der Waals surface area contributed by atoms with E-state index < -0.39 is 0 Å². The van der Waals surface area contributed by atoms with E-state index in [1.54, 1.807) is 11.0 Å². The lowest BCUT2D eigenvalue weighted by Gasteiger charge is -2.33. The molecular weight excluding hydrogens is 428 g/mol. The molecule has 0 amide bonds. The second-order valence-corrected chi connectivity index (χ2v) is 8.92. The Bertz CT molecular complexity index is 1110. The number of ether oxygens (including phenoxy) is 1. The molecule has 1 aliphatic carbocycles. The van der Waals surface area contributed by atoms with Crippen LogP contribution in [0, 0.1) is 11.8 Å². The van der Waals surface area contributed by atoms with Gasteiger partial charge in [0.25, 0.3) is 0 Å². The molecule has 1 aromatic carbocycles. The molecule has 0 unspecified atom stereocenters. The predicted octanol–water partition coefficient (Wildman–Crippen LogP) is 3.67. The average Bonchev–Trinajstić information content (AvgIpc) is 3.59. The van der Waals surface area contributed by atoms with Crippen LogP contribution in [0.2, 0.25) is 0 Å². The van der Waals surface area contributed by atoms with E-state index >= 15 is 0 Å². The summed E-state index contributed by atoms with van der Waals surface area (Å²) in [5.41, 5.74) is 4.13. The molecule has 1 saturated carbocycles. The van der Waals surface area contributed by atoms with Crippen molar-refractivity contribution in [3.63, 3.8) is 0 Å². The lowest BCUT2D eigenvalue weighted by molar-refractivity contribution is 0.351. The molecule has 1 saturated heterocycles. The highest BCUT2D eigenvalue weighted by molar-refractivity contribution is 5.91. The Balaban J connectivity index is 1.16. The van der Waals surface area contributed by atoms with E-state index in [2.05, 4.69) is 43.9 Å². The molecule has 2 aliphatic rings. The number of hydrogen-bond acceptors (Lipinski definition) is 8. The molecule has 9 nitrogen and oxygen atoms in total. The second-order valence-electron chi connectivity index (χ2n) is 8.92. The highest BCUT2D eigenvalue weighted by atomic mass is 16.5. The van der Waals surface area contributed by atoms with E-state index in [-0.39, 0.29) is 0 Å². The fraction of sp³-hybridized carbons (Fsp3) is 0.440. The number of anilines is 1. The van der Waals surface area contributed by atoms with Gasteiger partial charge < -0.3 is 9.64 Å². The summed E-state index contributed by atoms with van der Waals surface area (Å²) < 4.78 is 7.53. The van der Waals surface area contributed by atoms with Gasteiger partial charge in [-0.15, -0.1) is 5.10 Å². The number of benzene rings is 1. The first kappa shape index (κ1) is 22.2. The molecule has 176 valence electrons. The maximum absolute atomic E-state index is 5.93. The number of aromatic nitrogens is 6. The van der Waals surface area contributed by atoms with E-state index in [9.17, 15) is 0 Å². The van der Waals surface area contributed by atoms with Gasteiger partial charge in [0.1, 0.15) is 18.7 Å². The molecule has 0 spiro atoms. The third-order valence-electron chi connectivity index (χ3n) is 6.43. The summed E-state index contributed by atoms with van der Waals surface area (Å²) >= 11 is 0. The van der Waals surface area contributed by atoms with Crippen LogP contribution in [0.3, 0.4) is 0 Å². The topological polar surface area (TPSA) is 94.2 Å². The Kier molecular flexibility index (Phi) is 6.60. The summed E-state index contributed by atoms with van der Waals surface area (Å²) in [6, 6.07) is 7.64. The van der Waals surface area contributed by atoms with E-state index in [0.717, 1.165) is 55.4 Å². The third-order valence-corrected chi connectivity index (χ3v) is 6.43. The second kappa shape index (κ2) is 10.1. The average molecular weight is 459 g/mol. The van der Waals surface area contributed by atoms with Crippen LogP contribution in [0.1, 0.15) is 38.2 Å². The normalized spacial score (nSPS) is 17.1. The Hall–Kier alpha value is -3.62. The maximum atomic E-state index is 5.93. The van der Waals surface area contributed by atoms with Crippen molar-refractivity contribution < 1.29 is 4.74 Å². The highest BCUT2D eigenvalue weighted by Gasteiger charge is 2.35. The zero-order valence-electron chi connectivity index (χ0n) is 19.5. The Morgan fingerprint density at radius 2 is 1.76 bits per heavy atom. The molecule has 34 heavy (non-hydrogen) atoms. The van der Waals surface area contributed by atoms with Crippen molar-refractivity contribution in [2.75, 3.05) is 24.6 Å². The van der Waals surface area contributed by atoms with Crippen LogP contribution in [0.15, 0.2) is 60.3 Å². The first-order chi connectivity index (χ1) is 16.7. The van der Waals surface area contributed by atoms with Gasteiger partial charge in [0.2, 0.25) is 5.95 Å². The van der Waals surface area contributed by atoms with Gasteiger partial charge in [-0.1, -0.05) is 13.5 Å². The smallest absolute Gasteiger partial charge is 0.225 e. The van der Waals surface area contributed by atoms with Crippen LogP contribution in [0.4, 0.5) is 5.95 Å². The van der Waals surface area contributed by atoms with Crippen molar-refractivity contribution in [3.8, 4) is 11.4 Å². The van der Waals surface area contributed by atoms with Crippen molar-refractivity contribution in [1.82, 2.24) is 30.2 Å². The molecule has 0 bridgehead atoms. The minimum atomic E-state index is 0.372. The predicted molar refractivity (Wildman–Crippen MR) is 130 cm³/mol. The zero-order valence-corrected chi connectivity index (χ0v) is 19.5. The van der Waals surface area contributed by atoms with Crippen molar-refractivity contribution in [3.05, 3.63) is 60.8 Å². The number of nitrogens with zero attached hydrogens (tertiary/aromatic N) is 8. The third kappa shape index (κ3) is 5.30. The molecular formula is C25H30N8O. The Morgan fingerprint density at radius 1 is 1.06 bits per heavy atom. The summed E-state index contributed by atoms with van der Waals surface area (Å²) in [5.74, 6) is 2.70. The van der Waals surface area contributed by atoms with Gasteiger partial charge in [-0.25, -0.2) is 14.6 Å². The van der Waals surface area contributed by atoms with Gasteiger partial charge in [-0.2, -0.15) is 0 Å². The van der Waals surface area contributed by atoms with Crippen LogP contribution in [-0.2, 0) is 6.42 Å². The van der Waals surface area contributed by atoms with Crippen molar-refractivity contribution >= 4 is 11.7 Å². The number of hydrogen-bond donors (Lipinski definition) is 0. The first-order valence-corrected chi connectivity index (χ1v) is 12.0. The quantitative estimate of drug-likeness (QED) is 0.452. The number of aliphatic imine (C=N–C) groups is 1. The van der Waals surface area contributed by atoms with Gasteiger partial charge in [-0.05, 0) is 78.3 Å². The van der Waals surface area contributed by atoms with Crippen LogP contribution >= 0.6 is 0 Å². The lowest BCUT2D eigenvalue weighted by atomic mass is 9.89. The molecule has 0 atom stereocenters. The highest BCUT2D eigenvalue weighted by Crippen LogP contribution is 2.37. The number of rotatable bonds is 9. The summed E-state index contributed by atoms with van der Waals surface area (Å²) in [5, 5.41) is 11.2. The fourth-order valence-electron chi connectivity index (χ4n) is 4.32. The Labute approximate surface area is 199 Å². The standard InChI is InChI=1S/C25H30N8O/c1-3-19-14-26-25(27-15-19)32-12-10-21(11-13-32)24(20-4-5-20)29-18(2)16-34-23-8-6-22(7-9-23)33-17-28-30-31-33/h6-9,14-15,17,20-21H,2-5,10-13,16H2,1H3. The molecule has 5 rings (SSSR count). The molecule has 0 radical (unpaired) electrons. The molecule has 9 heteroatoms. The van der Waals surface area contributed by atoms with Crippen LogP contribution < -0.4 is 9.64 Å². The van der Waals surface area contributed by atoms with Gasteiger partial charge >= 0.3 is 0 Å². The van der Waals surface area contributed by atoms with E-state index in [0.29, 0.717) is 18.4 Å². The minimum Gasteiger partial charge on any atom is -0.487 e. The van der Waals surface area contributed by atoms with Crippen LogP contribution in [-0.4, -0.2) is 55.6 Å².